The number of aromatic nitrogens is 2. The van der Waals surface area contributed by atoms with Crippen LogP contribution in [0.2, 0.25) is 0 Å². The van der Waals surface area contributed by atoms with Gasteiger partial charge in [0.1, 0.15) is 6.04 Å². The van der Waals surface area contributed by atoms with Crippen molar-refractivity contribution in [3.8, 4) is 0 Å². The van der Waals surface area contributed by atoms with Crippen molar-refractivity contribution in [3.63, 3.8) is 0 Å². The van der Waals surface area contributed by atoms with E-state index in [1.807, 2.05) is 12.4 Å². The average Bonchev–Trinajstić information content (AvgIpc) is 2.42. The molecule has 19 heavy (non-hydrogen) atoms. The van der Waals surface area contributed by atoms with Gasteiger partial charge in [-0.15, -0.1) is 0 Å². The Bertz CT molecular complexity index is 381. The minimum Gasteiger partial charge on any atom is -0.480 e. The molecule has 0 aliphatic heterocycles. The number of nitrogens with zero attached hydrogens (tertiary/aromatic N) is 2. The van der Waals surface area contributed by atoms with Gasteiger partial charge in [-0.2, -0.15) is 0 Å². The SMILES string of the molecule is CCCCc1cnc(NCCCC(N)C(=O)O)nc1. The Morgan fingerprint density at radius 3 is 2.68 bits per heavy atom. The number of aliphatic carboxylic acids is 1. The second kappa shape index (κ2) is 8.42. The zero-order valence-electron chi connectivity index (χ0n) is 11.3. The van der Waals surface area contributed by atoms with E-state index in [4.69, 9.17) is 10.8 Å². The molecule has 1 aromatic rings. The maximum absolute atomic E-state index is 10.5. The van der Waals surface area contributed by atoms with Crippen molar-refractivity contribution < 1.29 is 9.90 Å². The van der Waals surface area contributed by atoms with Gasteiger partial charge in [0.25, 0.3) is 0 Å². The van der Waals surface area contributed by atoms with E-state index in [1.54, 1.807) is 0 Å². The van der Waals surface area contributed by atoms with Crippen molar-refractivity contribution in [2.24, 2.45) is 5.73 Å². The lowest BCUT2D eigenvalue weighted by Gasteiger charge is -2.07. The molecule has 6 nitrogen and oxygen atoms in total. The normalized spacial score (nSPS) is 12.1. The number of hydrogen-bond donors (Lipinski definition) is 3. The molecule has 0 fully saturated rings. The van der Waals surface area contributed by atoms with Gasteiger partial charge in [0.15, 0.2) is 0 Å². The number of anilines is 1. The van der Waals surface area contributed by atoms with Crippen molar-refractivity contribution in [2.75, 3.05) is 11.9 Å². The van der Waals surface area contributed by atoms with Gasteiger partial charge in [0, 0.05) is 18.9 Å². The molecule has 0 spiro atoms. The summed E-state index contributed by atoms with van der Waals surface area (Å²) in [5.41, 5.74) is 6.54. The molecule has 1 heterocycles. The number of hydrogen-bond acceptors (Lipinski definition) is 5. The summed E-state index contributed by atoms with van der Waals surface area (Å²) in [5, 5.41) is 11.7. The van der Waals surface area contributed by atoms with Gasteiger partial charge in [-0.05, 0) is 31.2 Å². The first kappa shape index (κ1) is 15.4. The molecule has 0 aromatic carbocycles. The highest BCUT2D eigenvalue weighted by atomic mass is 16.4. The van der Waals surface area contributed by atoms with E-state index in [-0.39, 0.29) is 0 Å². The van der Waals surface area contributed by atoms with Crippen molar-refractivity contribution in [3.05, 3.63) is 18.0 Å². The zero-order chi connectivity index (χ0) is 14.1. The van der Waals surface area contributed by atoms with Crippen molar-refractivity contribution in [1.29, 1.82) is 0 Å². The third-order valence-corrected chi connectivity index (χ3v) is 2.82. The van der Waals surface area contributed by atoms with Crippen LogP contribution in [0.15, 0.2) is 12.4 Å². The van der Waals surface area contributed by atoms with Crippen LogP contribution in [0.25, 0.3) is 0 Å². The highest BCUT2D eigenvalue weighted by Gasteiger charge is 2.10. The van der Waals surface area contributed by atoms with E-state index in [0.717, 1.165) is 24.8 Å². The van der Waals surface area contributed by atoms with Gasteiger partial charge in [0.05, 0.1) is 0 Å². The predicted octanol–water partition coefficient (Wildman–Crippen LogP) is 1.42. The van der Waals surface area contributed by atoms with Gasteiger partial charge in [-0.25, -0.2) is 9.97 Å². The van der Waals surface area contributed by atoms with Crippen molar-refractivity contribution in [1.82, 2.24) is 9.97 Å². The van der Waals surface area contributed by atoms with Gasteiger partial charge >= 0.3 is 5.97 Å². The first-order chi connectivity index (χ1) is 9.13. The molecule has 6 heteroatoms. The quantitative estimate of drug-likeness (QED) is 0.584. The largest absolute Gasteiger partial charge is 0.480 e. The molecule has 1 rings (SSSR count). The molecule has 1 aromatic heterocycles. The van der Waals surface area contributed by atoms with E-state index < -0.39 is 12.0 Å². The van der Waals surface area contributed by atoms with Crippen molar-refractivity contribution in [2.45, 2.75) is 45.1 Å². The molecular weight excluding hydrogens is 244 g/mol. The number of unbranched alkanes of at least 4 members (excludes halogenated alkanes) is 1. The molecule has 0 aliphatic rings. The summed E-state index contributed by atoms with van der Waals surface area (Å²) in [7, 11) is 0. The first-order valence-electron chi connectivity index (χ1n) is 6.66. The van der Waals surface area contributed by atoms with E-state index in [2.05, 4.69) is 22.2 Å². The van der Waals surface area contributed by atoms with Gasteiger partial charge in [0.2, 0.25) is 5.95 Å². The van der Waals surface area contributed by atoms with Gasteiger partial charge in [-0.3, -0.25) is 4.79 Å². The summed E-state index contributed by atoms with van der Waals surface area (Å²) < 4.78 is 0. The molecule has 0 saturated carbocycles. The minimum absolute atomic E-state index is 0.441. The Hall–Kier alpha value is -1.69. The lowest BCUT2D eigenvalue weighted by molar-refractivity contribution is -0.138. The smallest absolute Gasteiger partial charge is 0.320 e. The van der Waals surface area contributed by atoms with E-state index >= 15 is 0 Å². The van der Waals surface area contributed by atoms with Crippen LogP contribution in [0.4, 0.5) is 5.95 Å². The molecule has 106 valence electrons. The first-order valence-corrected chi connectivity index (χ1v) is 6.66. The minimum atomic E-state index is -0.962. The Labute approximate surface area is 113 Å². The summed E-state index contributed by atoms with van der Waals surface area (Å²) in [5.74, 6) is -0.388. The second-order valence-electron chi connectivity index (χ2n) is 4.53. The van der Waals surface area contributed by atoms with Crippen LogP contribution in [-0.4, -0.2) is 33.6 Å². The monoisotopic (exact) mass is 266 g/mol. The lowest BCUT2D eigenvalue weighted by Crippen LogP contribution is -2.30. The van der Waals surface area contributed by atoms with Crippen LogP contribution in [0.5, 0.6) is 0 Å². The summed E-state index contributed by atoms with van der Waals surface area (Å²) >= 11 is 0. The van der Waals surface area contributed by atoms with Crippen LogP contribution >= 0.6 is 0 Å². The Balaban J connectivity index is 2.24. The van der Waals surface area contributed by atoms with Crippen molar-refractivity contribution >= 4 is 11.9 Å². The maximum Gasteiger partial charge on any atom is 0.320 e. The summed E-state index contributed by atoms with van der Waals surface area (Å²) in [6.07, 6.45) is 8.07. The fourth-order valence-corrected chi connectivity index (χ4v) is 1.60. The topological polar surface area (TPSA) is 101 Å². The van der Waals surface area contributed by atoms with Crippen LogP contribution in [0.1, 0.15) is 38.2 Å². The standard InChI is InChI=1S/C13H22N4O2/c1-2-3-5-10-8-16-13(17-9-10)15-7-4-6-11(14)12(18)19/h8-9,11H,2-7,14H2,1H3,(H,18,19)(H,15,16,17). The predicted molar refractivity (Wildman–Crippen MR) is 74.0 cm³/mol. The molecule has 0 saturated heterocycles. The molecule has 1 atom stereocenters. The van der Waals surface area contributed by atoms with Crippen LogP contribution < -0.4 is 11.1 Å². The van der Waals surface area contributed by atoms with Crippen LogP contribution in [0, 0.1) is 0 Å². The zero-order valence-corrected chi connectivity index (χ0v) is 11.3. The van der Waals surface area contributed by atoms with E-state index in [0.29, 0.717) is 25.3 Å². The van der Waals surface area contributed by atoms with Gasteiger partial charge in [-0.1, -0.05) is 13.3 Å². The van der Waals surface area contributed by atoms with E-state index in [9.17, 15) is 4.79 Å². The Morgan fingerprint density at radius 1 is 1.42 bits per heavy atom. The second-order valence-corrected chi connectivity index (χ2v) is 4.53. The molecule has 1 unspecified atom stereocenters. The number of rotatable bonds is 9. The third kappa shape index (κ3) is 6.15. The fraction of sp³-hybridized carbons (Fsp3) is 0.615. The highest BCUT2D eigenvalue weighted by Crippen LogP contribution is 2.05. The number of aryl methyl sites for hydroxylation is 1. The number of carboxylic acid groups (broad SMARTS) is 1. The highest BCUT2D eigenvalue weighted by molar-refractivity contribution is 5.72. The number of nitrogens with two attached hydrogens (primary N) is 1. The summed E-state index contributed by atoms with van der Waals surface area (Å²) in [6, 6.07) is -0.792. The molecule has 0 amide bonds. The molecule has 0 aliphatic carbocycles. The Morgan fingerprint density at radius 2 is 2.11 bits per heavy atom. The molecule has 0 bridgehead atoms. The lowest BCUT2D eigenvalue weighted by atomic mass is 10.1. The third-order valence-electron chi connectivity index (χ3n) is 2.82. The number of carbonyl (C=O) groups is 1. The van der Waals surface area contributed by atoms with Crippen LogP contribution in [-0.2, 0) is 11.2 Å². The summed E-state index contributed by atoms with van der Waals surface area (Å²) in [6.45, 7) is 2.77. The number of nitrogens with one attached hydrogen (secondary N) is 1. The average molecular weight is 266 g/mol. The van der Waals surface area contributed by atoms with E-state index in [1.165, 1.54) is 0 Å². The van der Waals surface area contributed by atoms with Crippen LogP contribution in [0.3, 0.4) is 0 Å². The molecule has 4 N–H and O–H groups in total. The fourth-order valence-electron chi connectivity index (χ4n) is 1.60. The maximum atomic E-state index is 10.5. The Kier molecular flexibility index (Phi) is 6.81. The van der Waals surface area contributed by atoms with Gasteiger partial charge < -0.3 is 16.2 Å². The number of carboxylic acids is 1. The summed E-state index contributed by atoms with van der Waals surface area (Å²) in [4.78, 5) is 18.9. The molecule has 0 radical (unpaired) electrons. The molecular formula is C13H22N4O2.